The third-order valence-electron chi connectivity index (χ3n) is 3.67. The number of nitrogens with two attached hydrogens (primary N) is 1. The van der Waals surface area contributed by atoms with Crippen molar-refractivity contribution in [3.8, 4) is 5.75 Å². The molecule has 0 unspecified atom stereocenters. The van der Waals surface area contributed by atoms with E-state index < -0.39 is 21.9 Å². The normalized spacial score (nSPS) is 11.2. The molecule has 0 saturated carbocycles. The SMILES string of the molecule is COC(=O)c1cc2cc(NS(=O)(=O)c3ccc(OCC(N)=O)cc3)ccc2s1. The molecule has 0 aliphatic rings. The van der Waals surface area contributed by atoms with E-state index in [1.165, 1.54) is 42.7 Å². The Bertz CT molecular complexity index is 1140. The number of methoxy groups -OCH3 is 1. The second-order valence-electron chi connectivity index (χ2n) is 5.69. The number of carbonyl (C=O) groups is 2. The smallest absolute Gasteiger partial charge is 0.348 e. The maximum atomic E-state index is 12.6. The summed E-state index contributed by atoms with van der Waals surface area (Å²) in [5, 5.41) is 0.723. The van der Waals surface area contributed by atoms with Crippen LogP contribution in [0.1, 0.15) is 9.67 Å². The van der Waals surface area contributed by atoms with Gasteiger partial charge in [0.2, 0.25) is 0 Å². The molecule has 0 aliphatic carbocycles. The summed E-state index contributed by atoms with van der Waals surface area (Å²) >= 11 is 1.26. The van der Waals surface area contributed by atoms with Gasteiger partial charge in [0.25, 0.3) is 15.9 Å². The fourth-order valence-electron chi connectivity index (χ4n) is 2.39. The summed E-state index contributed by atoms with van der Waals surface area (Å²) < 4.78 is 38.3. The van der Waals surface area contributed by atoms with E-state index in [9.17, 15) is 18.0 Å². The van der Waals surface area contributed by atoms with Crippen molar-refractivity contribution >= 4 is 49.0 Å². The molecule has 3 aromatic rings. The van der Waals surface area contributed by atoms with Gasteiger partial charge in [0.15, 0.2) is 6.61 Å². The number of rotatable bonds is 7. The Kier molecular flexibility index (Phi) is 5.52. The first kappa shape index (κ1) is 19.6. The lowest BCUT2D eigenvalue weighted by Crippen LogP contribution is -2.20. The van der Waals surface area contributed by atoms with Gasteiger partial charge in [0.05, 0.1) is 12.0 Å². The average Bonchev–Trinajstić information content (AvgIpc) is 3.09. The Labute approximate surface area is 164 Å². The molecule has 3 rings (SSSR count). The minimum absolute atomic E-state index is 0.0274. The van der Waals surface area contributed by atoms with Gasteiger partial charge < -0.3 is 15.2 Å². The summed E-state index contributed by atoms with van der Waals surface area (Å²) in [6, 6.07) is 12.2. The van der Waals surface area contributed by atoms with E-state index in [1.54, 1.807) is 24.3 Å². The number of sulfonamides is 1. The van der Waals surface area contributed by atoms with Crippen LogP contribution in [-0.4, -0.2) is 34.0 Å². The van der Waals surface area contributed by atoms with E-state index in [4.69, 9.17) is 15.2 Å². The molecular weight excluding hydrogens is 404 g/mol. The quantitative estimate of drug-likeness (QED) is 0.565. The predicted molar refractivity (Wildman–Crippen MR) is 105 cm³/mol. The molecule has 0 fully saturated rings. The second kappa shape index (κ2) is 7.87. The number of esters is 1. The highest BCUT2D eigenvalue weighted by molar-refractivity contribution is 7.92. The highest BCUT2D eigenvalue weighted by Gasteiger charge is 2.16. The van der Waals surface area contributed by atoms with E-state index >= 15 is 0 Å². The van der Waals surface area contributed by atoms with Crippen LogP contribution in [0, 0.1) is 0 Å². The van der Waals surface area contributed by atoms with E-state index in [1.807, 2.05) is 0 Å². The standard InChI is InChI=1S/C18H16N2O6S2/c1-25-18(22)16-9-11-8-12(2-7-15(11)27-16)20-28(23,24)14-5-3-13(4-6-14)26-10-17(19)21/h2-9,20H,10H2,1H3,(H2,19,21). The number of fused-ring (bicyclic) bond motifs is 1. The summed E-state index contributed by atoms with van der Waals surface area (Å²) in [7, 11) is -2.53. The third-order valence-corrected chi connectivity index (χ3v) is 6.16. The maximum Gasteiger partial charge on any atom is 0.348 e. The zero-order valence-electron chi connectivity index (χ0n) is 14.7. The summed E-state index contributed by atoms with van der Waals surface area (Å²) in [6.07, 6.45) is 0. The van der Waals surface area contributed by atoms with Gasteiger partial charge in [-0.1, -0.05) is 0 Å². The van der Waals surface area contributed by atoms with Crippen LogP contribution in [0.4, 0.5) is 5.69 Å². The van der Waals surface area contributed by atoms with Crippen molar-refractivity contribution in [3.05, 3.63) is 53.4 Å². The van der Waals surface area contributed by atoms with Crippen molar-refractivity contribution in [2.24, 2.45) is 5.73 Å². The Morgan fingerprint density at radius 2 is 1.82 bits per heavy atom. The van der Waals surface area contributed by atoms with Crippen molar-refractivity contribution in [2.75, 3.05) is 18.4 Å². The maximum absolute atomic E-state index is 12.6. The summed E-state index contributed by atoms with van der Waals surface area (Å²) in [6.45, 7) is -0.293. The van der Waals surface area contributed by atoms with Crippen LogP contribution in [0.5, 0.6) is 5.75 Å². The number of ether oxygens (including phenoxy) is 2. The first-order valence-corrected chi connectivity index (χ1v) is 10.2. The first-order valence-electron chi connectivity index (χ1n) is 7.94. The van der Waals surface area contributed by atoms with Crippen LogP contribution in [0.15, 0.2) is 53.4 Å². The number of primary amides is 1. The average molecular weight is 420 g/mol. The highest BCUT2D eigenvalue weighted by Crippen LogP contribution is 2.29. The van der Waals surface area contributed by atoms with Crippen LogP contribution in [0.2, 0.25) is 0 Å². The van der Waals surface area contributed by atoms with Gasteiger partial charge in [0, 0.05) is 10.4 Å². The minimum atomic E-state index is -3.83. The number of benzene rings is 2. The topological polar surface area (TPSA) is 125 Å². The largest absolute Gasteiger partial charge is 0.484 e. The number of anilines is 1. The minimum Gasteiger partial charge on any atom is -0.484 e. The molecule has 28 heavy (non-hydrogen) atoms. The Morgan fingerprint density at radius 3 is 2.46 bits per heavy atom. The van der Waals surface area contributed by atoms with Crippen molar-refractivity contribution < 1.29 is 27.5 Å². The number of nitrogens with one attached hydrogen (secondary N) is 1. The fourth-order valence-corrected chi connectivity index (χ4v) is 4.40. The zero-order chi connectivity index (χ0) is 20.3. The molecule has 3 N–H and O–H groups in total. The van der Waals surface area contributed by atoms with E-state index in [0.717, 1.165) is 10.1 Å². The zero-order valence-corrected chi connectivity index (χ0v) is 16.3. The van der Waals surface area contributed by atoms with Crippen molar-refractivity contribution in [1.82, 2.24) is 0 Å². The molecule has 1 amide bonds. The highest BCUT2D eigenvalue weighted by atomic mass is 32.2. The number of hydrogen-bond acceptors (Lipinski definition) is 7. The van der Waals surface area contributed by atoms with Crippen molar-refractivity contribution in [2.45, 2.75) is 4.90 Å². The number of hydrogen-bond donors (Lipinski definition) is 2. The Morgan fingerprint density at radius 1 is 1.11 bits per heavy atom. The lowest BCUT2D eigenvalue weighted by molar-refractivity contribution is -0.119. The molecule has 0 saturated heterocycles. The van der Waals surface area contributed by atoms with Gasteiger partial charge in [0.1, 0.15) is 10.6 Å². The number of carbonyl (C=O) groups excluding carboxylic acids is 2. The lowest BCUT2D eigenvalue weighted by Gasteiger charge is -2.09. The van der Waals surface area contributed by atoms with Crippen molar-refractivity contribution in [1.29, 1.82) is 0 Å². The Balaban J connectivity index is 1.79. The van der Waals surface area contributed by atoms with Gasteiger partial charge in [-0.25, -0.2) is 13.2 Å². The fraction of sp³-hybridized carbons (Fsp3) is 0.111. The lowest BCUT2D eigenvalue weighted by atomic mass is 10.2. The first-order chi connectivity index (χ1) is 13.3. The summed E-state index contributed by atoms with van der Waals surface area (Å²) in [5.41, 5.74) is 5.35. The van der Waals surface area contributed by atoms with Crippen LogP contribution in [0.25, 0.3) is 10.1 Å². The Hall–Kier alpha value is -3.11. The molecule has 0 spiro atoms. The molecule has 10 heteroatoms. The molecule has 0 bridgehead atoms. The second-order valence-corrected chi connectivity index (χ2v) is 8.45. The molecule has 146 valence electrons. The monoisotopic (exact) mass is 420 g/mol. The molecule has 0 atom stereocenters. The van der Waals surface area contributed by atoms with Gasteiger partial charge in [-0.2, -0.15) is 0 Å². The van der Waals surface area contributed by atoms with E-state index in [0.29, 0.717) is 16.3 Å². The summed E-state index contributed by atoms with van der Waals surface area (Å²) in [4.78, 5) is 22.8. The number of amides is 1. The molecule has 8 nitrogen and oxygen atoms in total. The van der Waals surface area contributed by atoms with E-state index in [2.05, 4.69) is 4.72 Å². The van der Waals surface area contributed by atoms with E-state index in [-0.39, 0.29) is 11.5 Å². The molecule has 2 aromatic carbocycles. The van der Waals surface area contributed by atoms with Gasteiger partial charge >= 0.3 is 5.97 Å². The number of thiophene rings is 1. The van der Waals surface area contributed by atoms with Crippen molar-refractivity contribution in [3.63, 3.8) is 0 Å². The molecule has 1 aromatic heterocycles. The third kappa shape index (κ3) is 4.41. The van der Waals surface area contributed by atoms with Gasteiger partial charge in [-0.05, 0) is 53.9 Å². The molecule has 1 heterocycles. The van der Waals surface area contributed by atoms with Crippen LogP contribution in [-0.2, 0) is 19.6 Å². The van der Waals surface area contributed by atoms with Crippen LogP contribution >= 0.6 is 11.3 Å². The molecular formula is C18H16N2O6S2. The van der Waals surface area contributed by atoms with Gasteiger partial charge in [-0.15, -0.1) is 11.3 Å². The van der Waals surface area contributed by atoms with Crippen LogP contribution in [0.3, 0.4) is 0 Å². The molecule has 0 radical (unpaired) electrons. The molecule has 0 aliphatic heterocycles. The summed E-state index contributed by atoms with van der Waals surface area (Å²) in [5.74, 6) is -0.743. The van der Waals surface area contributed by atoms with Crippen LogP contribution < -0.4 is 15.2 Å². The predicted octanol–water partition coefficient (Wildman–Crippen LogP) is 2.35. The van der Waals surface area contributed by atoms with Gasteiger partial charge in [-0.3, -0.25) is 9.52 Å².